The number of fused-ring (bicyclic) bond motifs is 1. The number of imidazole rings is 1. The van der Waals surface area contributed by atoms with Crippen LogP contribution in [0.5, 0.6) is 0 Å². The molecule has 0 radical (unpaired) electrons. The van der Waals surface area contributed by atoms with Crippen LogP contribution in [-0.2, 0) is 11.2 Å². The summed E-state index contributed by atoms with van der Waals surface area (Å²) in [6, 6.07) is 13.8. The van der Waals surface area contributed by atoms with Crippen LogP contribution < -0.4 is 5.32 Å². The van der Waals surface area contributed by atoms with Gasteiger partial charge < -0.3 is 10.3 Å². The summed E-state index contributed by atoms with van der Waals surface area (Å²) in [6.07, 6.45) is 0.304. The van der Waals surface area contributed by atoms with E-state index in [1.54, 1.807) is 0 Å². The van der Waals surface area contributed by atoms with E-state index < -0.39 is 0 Å². The van der Waals surface area contributed by atoms with E-state index in [1.165, 1.54) is 5.56 Å². The Morgan fingerprint density at radius 3 is 2.56 bits per heavy atom. The molecule has 1 amide bonds. The van der Waals surface area contributed by atoms with E-state index >= 15 is 0 Å². The summed E-state index contributed by atoms with van der Waals surface area (Å²) in [5.74, 6) is 0.757. The Bertz CT molecular complexity index is 1100. The van der Waals surface area contributed by atoms with Gasteiger partial charge in [-0.1, -0.05) is 6.07 Å². The molecule has 0 atom stereocenters. The molecule has 4 aromatic rings. The van der Waals surface area contributed by atoms with Crippen molar-refractivity contribution in [2.24, 2.45) is 0 Å². The molecular formula is C21H21N5O. The summed E-state index contributed by atoms with van der Waals surface area (Å²) in [5.41, 5.74) is 7.63. The normalized spacial score (nSPS) is 11.1. The molecule has 0 aliphatic rings. The molecular weight excluding hydrogens is 338 g/mol. The van der Waals surface area contributed by atoms with Crippen LogP contribution in [0.2, 0.25) is 0 Å². The third-order valence-electron chi connectivity index (χ3n) is 4.70. The van der Waals surface area contributed by atoms with E-state index in [2.05, 4.69) is 44.5 Å². The van der Waals surface area contributed by atoms with Crippen molar-refractivity contribution in [1.82, 2.24) is 20.2 Å². The molecule has 4 rings (SSSR count). The molecule has 6 heteroatoms. The van der Waals surface area contributed by atoms with Crippen LogP contribution in [0.3, 0.4) is 0 Å². The lowest BCUT2D eigenvalue weighted by atomic mass is 10.1. The molecule has 0 aliphatic heterocycles. The van der Waals surface area contributed by atoms with Crippen LogP contribution >= 0.6 is 0 Å². The van der Waals surface area contributed by atoms with Gasteiger partial charge in [0.05, 0.1) is 23.1 Å². The molecule has 2 aromatic carbocycles. The summed E-state index contributed by atoms with van der Waals surface area (Å²) in [5, 5.41) is 9.97. The second-order valence-electron chi connectivity index (χ2n) is 6.82. The average molecular weight is 359 g/mol. The number of H-pyrrole nitrogens is 2. The van der Waals surface area contributed by atoms with Gasteiger partial charge in [-0.15, -0.1) is 0 Å². The molecule has 3 N–H and O–H groups in total. The number of carbonyl (C=O) groups excluding carboxylic acids is 1. The number of hydrogen-bond donors (Lipinski definition) is 3. The van der Waals surface area contributed by atoms with Gasteiger partial charge in [-0.05, 0) is 62.7 Å². The molecule has 0 aliphatic carbocycles. The fraction of sp³-hybridized carbons (Fsp3) is 0.190. The molecule has 0 spiro atoms. The highest BCUT2D eigenvalue weighted by molar-refractivity contribution is 5.92. The number of hydrogen-bond acceptors (Lipinski definition) is 3. The van der Waals surface area contributed by atoms with Crippen molar-refractivity contribution in [2.45, 2.75) is 27.2 Å². The maximum absolute atomic E-state index is 12.3. The predicted molar refractivity (Wildman–Crippen MR) is 107 cm³/mol. The van der Waals surface area contributed by atoms with Gasteiger partial charge in [-0.25, -0.2) is 4.98 Å². The third kappa shape index (κ3) is 3.46. The Hall–Kier alpha value is -3.41. The number of rotatable bonds is 4. The highest BCUT2D eigenvalue weighted by atomic mass is 16.1. The Labute approximate surface area is 157 Å². The van der Waals surface area contributed by atoms with E-state index in [0.717, 1.165) is 45.1 Å². The van der Waals surface area contributed by atoms with Gasteiger partial charge in [0.15, 0.2) is 0 Å². The zero-order valence-electron chi connectivity index (χ0n) is 15.6. The van der Waals surface area contributed by atoms with Crippen LogP contribution in [0.25, 0.3) is 22.4 Å². The van der Waals surface area contributed by atoms with E-state index in [-0.39, 0.29) is 5.91 Å². The minimum atomic E-state index is -0.0606. The quantitative estimate of drug-likeness (QED) is 0.513. The monoisotopic (exact) mass is 359 g/mol. The highest BCUT2D eigenvalue weighted by Crippen LogP contribution is 2.23. The van der Waals surface area contributed by atoms with Gasteiger partial charge in [0.25, 0.3) is 0 Å². The first kappa shape index (κ1) is 17.0. The first-order valence-corrected chi connectivity index (χ1v) is 8.87. The lowest BCUT2D eigenvalue weighted by Gasteiger charge is -2.06. The number of carbonyl (C=O) groups is 1. The predicted octanol–water partition coefficient (Wildman–Crippen LogP) is 4.06. The van der Waals surface area contributed by atoms with Crippen LogP contribution in [0.15, 0.2) is 42.5 Å². The molecule has 0 fully saturated rings. The van der Waals surface area contributed by atoms with Crippen LogP contribution in [0.1, 0.15) is 22.5 Å². The maximum atomic E-state index is 12.3. The molecule has 0 unspecified atom stereocenters. The highest BCUT2D eigenvalue weighted by Gasteiger charge is 2.12. The lowest BCUT2D eigenvalue weighted by Crippen LogP contribution is -2.15. The summed E-state index contributed by atoms with van der Waals surface area (Å²) < 4.78 is 0. The van der Waals surface area contributed by atoms with Crippen molar-refractivity contribution in [1.29, 1.82) is 0 Å². The van der Waals surface area contributed by atoms with Crippen LogP contribution in [-0.4, -0.2) is 26.1 Å². The van der Waals surface area contributed by atoms with Gasteiger partial charge >= 0.3 is 0 Å². The van der Waals surface area contributed by atoms with E-state index in [9.17, 15) is 4.79 Å². The summed E-state index contributed by atoms with van der Waals surface area (Å²) in [4.78, 5) is 20.3. The summed E-state index contributed by atoms with van der Waals surface area (Å²) in [6.45, 7) is 5.88. The van der Waals surface area contributed by atoms with Crippen molar-refractivity contribution in [3.63, 3.8) is 0 Å². The zero-order chi connectivity index (χ0) is 19.0. The van der Waals surface area contributed by atoms with Gasteiger partial charge in [-0.2, -0.15) is 5.10 Å². The number of nitrogens with zero attached hydrogens (tertiary/aromatic N) is 2. The van der Waals surface area contributed by atoms with Crippen molar-refractivity contribution in [2.75, 3.05) is 5.32 Å². The van der Waals surface area contributed by atoms with E-state index in [0.29, 0.717) is 6.42 Å². The van der Waals surface area contributed by atoms with Crippen LogP contribution in [0, 0.1) is 20.8 Å². The first-order chi connectivity index (χ1) is 13.0. The zero-order valence-corrected chi connectivity index (χ0v) is 15.6. The summed E-state index contributed by atoms with van der Waals surface area (Å²) >= 11 is 0. The van der Waals surface area contributed by atoms with Crippen molar-refractivity contribution >= 4 is 22.6 Å². The molecule has 27 heavy (non-hydrogen) atoms. The molecule has 2 heterocycles. The van der Waals surface area contributed by atoms with Crippen molar-refractivity contribution in [3.8, 4) is 11.4 Å². The van der Waals surface area contributed by atoms with E-state index in [1.807, 2.05) is 44.2 Å². The minimum Gasteiger partial charge on any atom is -0.338 e. The number of aryl methyl sites for hydroxylation is 3. The number of nitrogens with one attached hydrogen (secondary N) is 3. The Kier molecular flexibility index (Phi) is 4.24. The summed E-state index contributed by atoms with van der Waals surface area (Å²) in [7, 11) is 0. The SMILES string of the molecule is Cc1ccc2nc(-c3ccc(NC(=O)Cc4c(C)n[nH]c4C)cc3)[nH]c2c1. The van der Waals surface area contributed by atoms with Crippen molar-refractivity contribution < 1.29 is 4.79 Å². The number of amides is 1. The fourth-order valence-corrected chi connectivity index (χ4v) is 3.17. The maximum Gasteiger partial charge on any atom is 0.228 e. The first-order valence-electron chi connectivity index (χ1n) is 8.87. The van der Waals surface area contributed by atoms with Crippen molar-refractivity contribution in [3.05, 3.63) is 65.0 Å². The lowest BCUT2D eigenvalue weighted by molar-refractivity contribution is -0.115. The smallest absolute Gasteiger partial charge is 0.228 e. The second-order valence-corrected chi connectivity index (χ2v) is 6.82. The molecule has 136 valence electrons. The Morgan fingerprint density at radius 1 is 1.07 bits per heavy atom. The fourth-order valence-electron chi connectivity index (χ4n) is 3.17. The Balaban J connectivity index is 1.49. The standard InChI is InChI=1S/C21H21N5O/c1-12-4-9-18-19(10-12)24-21(23-18)15-5-7-16(8-6-15)22-20(27)11-17-13(2)25-26-14(17)3/h4-10H,11H2,1-3H3,(H,22,27)(H,23,24)(H,25,26). The molecule has 0 saturated heterocycles. The van der Waals surface area contributed by atoms with Gasteiger partial charge in [0.2, 0.25) is 5.91 Å². The van der Waals surface area contributed by atoms with E-state index in [4.69, 9.17) is 0 Å². The van der Waals surface area contributed by atoms with Gasteiger partial charge in [0.1, 0.15) is 5.82 Å². The largest absolute Gasteiger partial charge is 0.338 e. The Morgan fingerprint density at radius 2 is 1.85 bits per heavy atom. The minimum absolute atomic E-state index is 0.0606. The number of benzene rings is 2. The number of aromatic nitrogens is 4. The molecule has 2 aromatic heterocycles. The average Bonchev–Trinajstić information content (AvgIpc) is 3.20. The topological polar surface area (TPSA) is 86.5 Å². The molecule has 0 bridgehead atoms. The number of anilines is 1. The molecule has 0 saturated carbocycles. The van der Waals surface area contributed by atoms with Crippen LogP contribution in [0.4, 0.5) is 5.69 Å². The third-order valence-corrected chi connectivity index (χ3v) is 4.70. The number of aromatic amines is 2. The molecule has 6 nitrogen and oxygen atoms in total. The van der Waals surface area contributed by atoms with Gasteiger partial charge in [-0.3, -0.25) is 9.89 Å². The van der Waals surface area contributed by atoms with Gasteiger partial charge in [0, 0.05) is 22.5 Å². The second kappa shape index (κ2) is 6.72.